The van der Waals surface area contributed by atoms with Gasteiger partial charge in [0.25, 0.3) is 5.91 Å². The molecule has 1 aromatic heterocycles. The second kappa shape index (κ2) is 6.58. The number of aromatic amines is 1. The minimum atomic E-state index is -0.972. The summed E-state index contributed by atoms with van der Waals surface area (Å²) in [6, 6.07) is 18.3. The molecule has 122 valence electrons. The molecule has 1 amide bonds. The highest BCUT2D eigenvalue weighted by atomic mass is 16.5. The Morgan fingerprint density at radius 3 is 2.33 bits per heavy atom. The summed E-state index contributed by atoms with van der Waals surface area (Å²) >= 11 is 0. The topological polar surface area (TPSA) is 62.4 Å². The van der Waals surface area contributed by atoms with E-state index in [1.165, 1.54) is 4.90 Å². The summed E-state index contributed by atoms with van der Waals surface area (Å²) in [4.78, 5) is 29.4. The molecule has 24 heavy (non-hydrogen) atoms. The van der Waals surface area contributed by atoms with Crippen LogP contribution in [0.1, 0.15) is 22.2 Å². The van der Waals surface area contributed by atoms with E-state index >= 15 is 0 Å². The van der Waals surface area contributed by atoms with Crippen molar-refractivity contribution >= 4 is 22.8 Å². The molecule has 1 N–H and O–H groups in total. The van der Waals surface area contributed by atoms with Gasteiger partial charge in [-0.1, -0.05) is 48.5 Å². The van der Waals surface area contributed by atoms with E-state index in [-0.39, 0.29) is 5.91 Å². The Labute approximate surface area is 139 Å². The lowest BCUT2D eigenvalue weighted by Crippen LogP contribution is -2.31. The van der Waals surface area contributed by atoms with Gasteiger partial charge in [0.1, 0.15) is 5.69 Å². The Kier molecular flexibility index (Phi) is 4.33. The molecule has 0 fully saturated rings. The van der Waals surface area contributed by atoms with Crippen molar-refractivity contribution in [2.24, 2.45) is 0 Å². The first kappa shape index (κ1) is 15.8. The number of hydrogen-bond donors (Lipinski definition) is 1. The maximum Gasteiger partial charge on any atom is 0.355 e. The average molecular weight is 322 g/mol. The lowest BCUT2D eigenvalue weighted by molar-refractivity contribution is -0.138. The minimum absolute atomic E-state index is 0.286. The number of para-hydroxylation sites is 1. The number of H-pyrrole nitrogens is 1. The van der Waals surface area contributed by atoms with Crippen molar-refractivity contribution in [2.75, 3.05) is 14.1 Å². The minimum Gasteiger partial charge on any atom is -0.443 e. The summed E-state index contributed by atoms with van der Waals surface area (Å²) in [7, 11) is 3.27. The number of nitrogens with one attached hydrogen (secondary N) is 1. The molecule has 0 aliphatic heterocycles. The number of esters is 1. The molecule has 0 radical (unpaired) electrons. The monoisotopic (exact) mass is 322 g/mol. The SMILES string of the molecule is CN(C)C(=O)[C@H](OC(=O)c1cc2ccccc2[nH]1)c1ccccc1. The standard InChI is InChI=1S/C19H18N2O3/c1-21(2)18(22)17(13-8-4-3-5-9-13)24-19(23)16-12-14-10-6-7-11-15(14)20-16/h3-12,17,20H,1-2H3/t17-/m1/s1. The van der Waals surface area contributed by atoms with Crippen LogP contribution in [0.5, 0.6) is 0 Å². The molecule has 3 aromatic rings. The Balaban J connectivity index is 1.89. The normalized spacial score (nSPS) is 11.9. The van der Waals surface area contributed by atoms with Crippen molar-refractivity contribution in [1.82, 2.24) is 9.88 Å². The van der Waals surface area contributed by atoms with Gasteiger partial charge in [-0.25, -0.2) is 4.79 Å². The van der Waals surface area contributed by atoms with Crippen LogP contribution >= 0.6 is 0 Å². The fourth-order valence-electron chi connectivity index (χ4n) is 2.48. The van der Waals surface area contributed by atoms with Crippen molar-refractivity contribution in [2.45, 2.75) is 6.10 Å². The van der Waals surface area contributed by atoms with Gasteiger partial charge >= 0.3 is 5.97 Å². The summed E-state index contributed by atoms with van der Waals surface area (Å²) in [5, 5.41) is 0.916. The van der Waals surface area contributed by atoms with Crippen LogP contribution in [0.3, 0.4) is 0 Å². The third-order valence-electron chi connectivity index (χ3n) is 3.74. The largest absolute Gasteiger partial charge is 0.443 e. The Morgan fingerprint density at radius 2 is 1.67 bits per heavy atom. The van der Waals surface area contributed by atoms with Gasteiger partial charge in [-0.05, 0) is 12.1 Å². The summed E-state index contributed by atoms with van der Waals surface area (Å²) < 4.78 is 5.51. The molecule has 2 aromatic carbocycles. The lowest BCUT2D eigenvalue weighted by atomic mass is 10.1. The maximum absolute atomic E-state index is 12.5. The summed E-state index contributed by atoms with van der Waals surface area (Å²) in [6.07, 6.45) is -0.972. The molecular formula is C19H18N2O3. The molecule has 0 spiro atoms. The van der Waals surface area contributed by atoms with E-state index in [9.17, 15) is 9.59 Å². The van der Waals surface area contributed by atoms with Crippen molar-refractivity contribution in [3.05, 3.63) is 71.9 Å². The van der Waals surface area contributed by atoms with E-state index < -0.39 is 12.1 Å². The first-order valence-electron chi connectivity index (χ1n) is 7.61. The second-order valence-corrected chi connectivity index (χ2v) is 5.70. The van der Waals surface area contributed by atoms with Crippen LogP contribution in [0.15, 0.2) is 60.7 Å². The molecule has 0 aliphatic carbocycles. The van der Waals surface area contributed by atoms with E-state index in [1.54, 1.807) is 32.3 Å². The Hall–Kier alpha value is -3.08. The van der Waals surface area contributed by atoms with Crippen LogP contribution in [0.4, 0.5) is 0 Å². The molecule has 0 saturated heterocycles. The third-order valence-corrected chi connectivity index (χ3v) is 3.74. The Bertz CT molecular complexity index is 835. The molecule has 0 saturated carbocycles. The number of aromatic nitrogens is 1. The summed E-state index contributed by atoms with van der Waals surface area (Å²) in [6.45, 7) is 0. The molecule has 5 nitrogen and oxygen atoms in total. The van der Waals surface area contributed by atoms with E-state index in [4.69, 9.17) is 4.74 Å². The van der Waals surface area contributed by atoms with Crippen molar-refractivity contribution in [3.63, 3.8) is 0 Å². The molecule has 0 aliphatic rings. The maximum atomic E-state index is 12.5. The average Bonchev–Trinajstić information content (AvgIpc) is 3.04. The van der Waals surface area contributed by atoms with Gasteiger partial charge in [-0.3, -0.25) is 4.79 Å². The number of hydrogen-bond acceptors (Lipinski definition) is 3. The summed E-state index contributed by atoms with van der Waals surface area (Å²) in [5.74, 6) is -0.846. The zero-order chi connectivity index (χ0) is 17.1. The predicted octanol–water partition coefficient (Wildman–Crippen LogP) is 3.15. The van der Waals surface area contributed by atoms with Gasteiger partial charge in [0.2, 0.25) is 6.10 Å². The fraction of sp³-hybridized carbons (Fsp3) is 0.158. The van der Waals surface area contributed by atoms with E-state index in [2.05, 4.69) is 4.98 Å². The second-order valence-electron chi connectivity index (χ2n) is 5.70. The number of nitrogens with zero attached hydrogens (tertiary/aromatic N) is 1. The van der Waals surface area contributed by atoms with Crippen molar-refractivity contribution in [1.29, 1.82) is 0 Å². The lowest BCUT2D eigenvalue weighted by Gasteiger charge is -2.20. The zero-order valence-electron chi connectivity index (χ0n) is 13.5. The number of ether oxygens (including phenoxy) is 1. The molecule has 1 atom stereocenters. The van der Waals surface area contributed by atoms with Crippen LogP contribution < -0.4 is 0 Å². The van der Waals surface area contributed by atoms with Gasteiger partial charge in [0.05, 0.1) is 0 Å². The van der Waals surface area contributed by atoms with Crippen LogP contribution in [0.25, 0.3) is 10.9 Å². The molecule has 0 bridgehead atoms. The highest BCUT2D eigenvalue weighted by Crippen LogP contribution is 2.22. The van der Waals surface area contributed by atoms with Crippen molar-refractivity contribution < 1.29 is 14.3 Å². The number of carbonyl (C=O) groups excluding carboxylic acids is 2. The summed E-state index contributed by atoms with van der Waals surface area (Å²) in [5.41, 5.74) is 1.81. The number of likely N-dealkylation sites (N-methyl/N-ethyl adjacent to an activating group) is 1. The first-order chi connectivity index (χ1) is 11.6. The molecular weight excluding hydrogens is 304 g/mol. The van der Waals surface area contributed by atoms with Gasteiger partial charge in [0.15, 0.2) is 0 Å². The molecule has 3 rings (SSSR count). The quantitative estimate of drug-likeness (QED) is 0.751. The van der Waals surface area contributed by atoms with Crippen LogP contribution in [-0.4, -0.2) is 35.9 Å². The van der Waals surface area contributed by atoms with Gasteiger partial charge < -0.3 is 14.6 Å². The predicted molar refractivity (Wildman–Crippen MR) is 91.6 cm³/mol. The smallest absolute Gasteiger partial charge is 0.355 e. The van der Waals surface area contributed by atoms with Crippen molar-refractivity contribution in [3.8, 4) is 0 Å². The fourth-order valence-corrected chi connectivity index (χ4v) is 2.48. The number of carbonyl (C=O) groups is 2. The molecule has 5 heteroatoms. The molecule has 1 heterocycles. The number of amides is 1. The third kappa shape index (κ3) is 3.15. The van der Waals surface area contributed by atoms with E-state index in [1.807, 2.05) is 42.5 Å². The Morgan fingerprint density at radius 1 is 1.00 bits per heavy atom. The van der Waals surface area contributed by atoms with Gasteiger partial charge in [0, 0.05) is 30.6 Å². The highest BCUT2D eigenvalue weighted by molar-refractivity contribution is 5.96. The number of benzene rings is 2. The van der Waals surface area contributed by atoms with Gasteiger partial charge in [-0.2, -0.15) is 0 Å². The van der Waals surface area contributed by atoms with Crippen LogP contribution in [0, 0.1) is 0 Å². The molecule has 0 unspecified atom stereocenters. The number of fused-ring (bicyclic) bond motifs is 1. The number of rotatable bonds is 4. The van der Waals surface area contributed by atoms with E-state index in [0.29, 0.717) is 11.3 Å². The van der Waals surface area contributed by atoms with E-state index in [0.717, 1.165) is 10.9 Å². The van der Waals surface area contributed by atoms with Gasteiger partial charge in [-0.15, -0.1) is 0 Å². The highest BCUT2D eigenvalue weighted by Gasteiger charge is 2.27. The van der Waals surface area contributed by atoms with Crippen LogP contribution in [0.2, 0.25) is 0 Å². The first-order valence-corrected chi connectivity index (χ1v) is 7.61. The van der Waals surface area contributed by atoms with Crippen LogP contribution in [-0.2, 0) is 9.53 Å². The zero-order valence-corrected chi connectivity index (χ0v) is 13.5.